The van der Waals surface area contributed by atoms with Gasteiger partial charge in [-0.25, -0.2) is 9.67 Å². The normalized spacial score (nSPS) is 18.8. The highest BCUT2D eigenvalue weighted by atomic mass is 15.3. The molecule has 0 amide bonds. The van der Waals surface area contributed by atoms with Crippen molar-refractivity contribution in [1.29, 1.82) is 0 Å². The van der Waals surface area contributed by atoms with Crippen LogP contribution in [0.15, 0.2) is 55.2 Å². The lowest BCUT2D eigenvalue weighted by Gasteiger charge is -2.35. The van der Waals surface area contributed by atoms with E-state index in [4.69, 9.17) is 5.10 Å². The lowest BCUT2D eigenvalue weighted by Crippen LogP contribution is -2.41. The standard InChI is InChI=1S/C18H22N6/c1-2-6-17(7-3-1)24-11-9-16(21-24)12-22-10-5-4-8-18(22)13-23-15-19-14-20-23/h1-3,6-7,9,11,14-15,18H,4-5,8,10,12-13H2/t18-/m1/s1. The van der Waals surface area contributed by atoms with Gasteiger partial charge in [-0.3, -0.25) is 9.58 Å². The predicted octanol–water partition coefficient (Wildman–Crippen LogP) is 2.52. The Morgan fingerprint density at radius 3 is 2.83 bits per heavy atom. The van der Waals surface area contributed by atoms with Crippen LogP contribution in [0.1, 0.15) is 25.0 Å². The first-order valence-corrected chi connectivity index (χ1v) is 8.55. The molecule has 1 fully saturated rings. The number of rotatable bonds is 5. The average Bonchev–Trinajstić information content (AvgIpc) is 3.29. The number of aromatic nitrogens is 5. The Balaban J connectivity index is 1.46. The monoisotopic (exact) mass is 322 g/mol. The summed E-state index contributed by atoms with van der Waals surface area (Å²) < 4.78 is 3.89. The molecule has 0 aliphatic carbocycles. The number of para-hydroxylation sites is 1. The van der Waals surface area contributed by atoms with Crippen molar-refractivity contribution in [1.82, 2.24) is 29.4 Å². The van der Waals surface area contributed by atoms with E-state index in [2.05, 4.69) is 33.2 Å². The smallest absolute Gasteiger partial charge is 0.137 e. The zero-order valence-corrected chi connectivity index (χ0v) is 13.7. The molecule has 0 bridgehead atoms. The number of nitrogens with zero attached hydrogens (tertiary/aromatic N) is 6. The van der Waals surface area contributed by atoms with Crippen LogP contribution in [0.3, 0.4) is 0 Å². The maximum Gasteiger partial charge on any atom is 0.137 e. The van der Waals surface area contributed by atoms with Gasteiger partial charge in [0.15, 0.2) is 0 Å². The summed E-state index contributed by atoms with van der Waals surface area (Å²) >= 11 is 0. The van der Waals surface area contributed by atoms with Gasteiger partial charge >= 0.3 is 0 Å². The van der Waals surface area contributed by atoms with Gasteiger partial charge in [-0.05, 0) is 37.6 Å². The molecule has 6 heteroatoms. The highest BCUT2D eigenvalue weighted by molar-refractivity contribution is 5.30. The van der Waals surface area contributed by atoms with Crippen LogP contribution in [0.2, 0.25) is 0 Å². The topological polar surface area (TPSA) is 51.8 Å². The van der Waals surface area contributed by atoms with Crippen molar-refractivity contribution in [3.05, 3.63) is 60.9 Å². The molecule has 3 aromatic rings. The van der Waals surface area contributed by atoms with Crippen LogP contribution >= 0.6 is 0 Å². The molecule has 0 spiro atoms. The van der Waals surface area contributed by atoms with Crippen LogP contribution in [-0.4, -0.2) is 42.0 Å². The van der Waals surface area contributed by atoms with Gasteiger partial charge in [0.1, 0.15) is 12.7 Å². The molecular formula is C18H22N6. The number of benzene rings is 1. The number of hydrogen-bond donors (Lipinski definition) is 0. The van der Waals surface area contributed by atoms with Crippen LogP contribution in [0, 0.1) is 0 Å². The fourth-order valence-corrected chi connectivity index (χ4v) is 3.40. The van der Waals surface area contributed by atoms with E-state index < -0.39 is 0 Å². The van der Waals surface area contributed by atoms with Crippen molar-refractivity contribution < 1.29 is 0 Å². The Bertz CT molecular complexity index is 749. The minimum atomic E-state index is 0.502. The molecule has 1 saturated heterocycles. The first-order chi connectivity index (χ1) is 11.9. The van der Waals surface area contributed by atoms with Crippen LogP contribution in [0.4, 0.5) is 0 Å². The Labute approximate surface area is 141 Å². The molecule has 1 aliphatic heterocycles. The summed E-state index contributed by atoms with van der Waals surface area (Å²) in [6.45, 7) is 2.91. The fraction of sp³-hybridized carbons (Fsp3) is 0.389. The SMILES string of the molecule is c1ccc(-n2ccc(CN3CCCC[C@@H]3Cn3cncn3)n2)cc1. The molecule has 1 aliphatic rings. The third-order valence-electron chi connectivity index (χ3n) is 4.64. The second kappa shape index (κ2) is 6.97. The van der Waals surface area contributed by atoms with Crippen LogP contribution in [0.5, 0.6) is 0 Å². The second-order valence-corrected chi connectivity index (χ2v) is 6.32. The van der Waals surface area contributed by atoms with E-state index in [0.29, 0.717) is 6.04 Å². The summed E-state index contributed by atoms with van der Waals surface area (Å²) in [5, 5.41) is 9.00. The summed E-state index contributed by atoms with van der Waals surface area (Å²) in [4.78, 5) is 6.58. The first-order valence-electron chi connectivity index (χ1n) is 8.55. The van der Waals surface area contributed by atoms with Crippen molar-refractivity contribution in [3.8, 4) is 5.69 Å². The highest BCUT2D eigenvalue weighted by Gasteiger charge is 2.23. The van der Waals surface area contributed by atoms with E-state index in [1.807, 2.05) is 33.8 Å². The molecule has 1 aromatic carbocycles. The number of piperidine rings is 1. The molecule has 6 nitrogen and oxygen atoms in total. The summed E-state index contributed by atoms with van der Waals surface area (Å²) in [6.07, 6.45) is 9.20. The third-order valence-corrected chi connectivity index (χ3v) is 4.64. The molecule has 0 radical (unpaired) electrons. The molecule has 0 unspecified atom stereocenters. The van der Waals surface area contributed by atoms with Gasteiger partial charge in [-0.2, -0.15) is 10.2 Å². The number of hydrogen-bond acceptors (Lipinski definition) is 4. The summed E-state index contributed by atoms with van der Waals surface area (Å²) in [5.41, 5.74) is 2.21. The number of likely N-dealkylation sites (tertiary alicyclic amines) is 1. The van der Waals surface area contributed by atoms with Gasteiger partial charge < -0.3 is 0 Å². The second-order valence-electron chi connectivity index (χ2n) is 6.32. The molecule has 124 valence electrons. The molecular weight excluding hydrogens is 300 g/mol. The van der Waals surface area contributed by atoms with Crippen molar-refractivity contribution in [2.45, 2.75) is 38.4 Å². The summed E-state index contributed by atoms with van der Waals surface area (Å²) in [5.74, 6) is 0. The molecule has 4 rings (SSSR count). The summed E-state index contributed by atoms with van der Waals surface area (Å²) in [6, 6.07) is 12.9. The molecule has 0 saturated carbocycles. The van der Waals surface area contributed by atoms with Crippen LogP contribution in [0.25, 0.3) is 5.69 Å². The van der Waals surface area contributed by atoms with Crippen molar-refractivity contribution in [3.63, 3.8) is 0 Å². The zero-order valence-electron chi connectivity index (χ0n) is 13.7. The first kappa shape index (κ1) is 15.1. The fourth-order valence-electron chi connectivity index (χ4n) is 3.40. The molecule has 2 aromatic heterocycles. The van der Waals surface area contributed by atoms with Gasteiger partial charge in [-0.15, -0.1) is 0 Å². The van der Waals surface area contributed by atoms with Gasteiger partial charge in [0.2, 0.25) is 0 Å². The van der Waals surface area contributed by atoms with Gasteiger partial charge in [0.25, 0.3) is 0 Å². The quantitative estimate of drug-likeness (QED) is 0.724. The lowest BCUT2D eigenvalue weighted by molar-refractivity contribution is 0.120. The molecule has 1 atom stereocenters. The van der Waals surface area contributed by atoms with E-state index >= 15 is 0 Å². The predicted molar refractivity (Wildman–Crippen MR) is 91.6 cm³/mol. The molecule has 0 N–H and O–H groups in total. The Morgan fingerprint density at radius 2 is 2.00 bits per heavy atom. The zero-order chi connectivity index (χ0) is 16.2. The minimum Gasteiger partial charge on any atom is -0.293 e. The Morgan fingerprint density at radius 1 is 1.08 bits per heavy atom. The Hall–Kier alpha value is -2.47. The Kier molecular flexibility index (Phi) is 4.38. The van der Waals surface area contributed by atoms with E-state index in [9.17, 15) is 0 Å². The average molecular weight is 322 g/mol. The van der Waals surface area contributed by atoms with Crippen molar-refractivity contribution in [2.75, 3.05) is 6.54 Å². The molecule has 24 heavy (non-hydrogen) atoms. The van der Waals surface area contributed by atoms with Gasteiger partial charge in [0.05, 0.1) is 17.9 Å². The van der Waals surface area contributed by atoms with E-state index in [1.165, 1.54) is 19.3 Å². The largest absolute Gasteiger partial charge is 0.293 e. The molecule has 3 heterocycles. The van der Waals surface area contributed by atoms with Crippen LogP contribution < -0.4 is 0 Å². The maximum atomic E-state index is 4.75. The van der Waals surface area contributed by atoms with Crippen molar-refractivity contribution in [2.24, 2.45) is 0 Å². The maximum absolute atomic E-state index is 4.75. The van der Waals surface area contributed by atoms with E-state index in [1.54, 1.807) is 12.7 Å². The lowest BCUT2D eigenvalue weighted by atomic mass is 10.0. The highest BCUT2D eigenvalue weighted by Crippen LogP contribution is 2.20. The van der Waals surface area contributed by atoms with Gasteiger partial charge in [-0.1, -0.05) is 24.6 Å². The van der Waals surface area contributed by atoms with Crippen LogP contribution in [-0.2, 0) is 13.1 Å². The van der Waals surface area contributed by atoms with Gasteiger partial charge in [0, 0.05) is 18.8 Å². The minimum absolute atomic E-state index is 0.502. The summed E-state index contributed by atoms with van der Waals surface area (Å²) in [7, 11) is 0. The van der Waals surface area contributed by atoms with Crippen molar-refractivity contribution >= 4 is 0 Å². The third kappa shape index (κ3) is 3.38. The van der Waals surface area contributed by atoms with E-state index in [-0.39, 0.29) is 0 Å². The van der Waals surface area contributed by atoms with E-state index in [0.717, 1.165) is 31.0 Å².